The number of halogens is 4. The lowest BCUT2D eigenvalue weighted by Crippen LogP contribution is -2.21. The fourth-order valence-corrected chi connectivity index (χ4v) is 3.21. The lowest BCUT2D eigenvalue weighted by atomic mass is 10.0. The quantitative estimate of drug-likeness (QED) is 0.448. The minimum absolute atomic E-state index is 0.00355. The maximum absolute atomic E-state index is 14.7. The molecule has 11 heteroatoms. The molecule has 3 rings (SSSR count). The van der Waals surface area contributed by atoms with Gasteiger partial charge in [-0.1, -0.05) is 12.1 Å². The van der Waals surface area contributed by atoms with Crippen molar-refractivity contribution in [1.82, 2.24) is 4.98 Å². The smallest absolute Gasteiger partial charge is 0.416 e. The minimum atomic E-state index is -4.70. The van der Waals surface area contributed by atoms with Gasteiger partial charge >= 0.3 is 6.18 Å². The van der Waals surface area contributed by atoms with Crippen LogP contribution in [0.15, 0.2) is 53.5 Å². The van der Waals surface area contributed by atoms with Gasteiger partial charge in [-0.15, -0.1) is 0 Å². The normalized spacial score (nSPS) is 11.2. The number of carbonyl (C=O) groups excluding carboxylic acids is 2. The molecular weight excluding hydrogens is 458 g/mol. The van der Waals surface area contributed by atoms with Crippen molar-refractivity contribution >= 4 is 17.5 Å². The number of hydrogen-bond donors (Lipinski definition) is 3. The average molecular weight is 477 g/mol. The van der Waals surface area contributed by atoms with E-state index >= 15 is 0 Å². The Morgan fingerprint density at radius 3 is 2.47 bits per heavy atom. The molecule has 1 heterocycles. The average Bonchev–Trinajstić information content (AvgIpc) is 2.75. The molecule has 0 fully saturated rings. The van der Waals surface area contributed by atoms with Gasteiger partial charge in [0.25, 0.3) is 11.5 Å². The lowest BCUT2D eigenvalue weighted by molar-refractivity contribution is -0.137. The Balaban J connectivity index is 1.82. The van der Waals surface area contributed by atoms with Gasteiger partial charge < -0.3 is 20.8 Å². The van der Waals surface area contributed by atoms with Crippen LogP contribution in [0.1, 0.15) is 28.4 Å². The van der Waals surface area contributed by atoms with Gasteiger partial charge in [-0.05, 0) is 42.3 Å². The Kier molecular flexibility index (Phi) is 7.04. The van der Waals surface area contributed by atoms with Crippen molar-refractivity contribution in [3.63, 3.8) is 0 Å². The molecule has 0 atom stereocenters. The third-order valence-corrected chi connectivity index (χ3v) is 4.79. The van der Waals surface area contributed by atoms with Crippen molar-refractivity contribution in [2.75, 3.05) is 11.9 Å². The van der Waals surface area contributed by atoms with Gasteiger partial charge in [0.1, 0.15) is 11.6 Å². The van der Waals surface area contributed by atoms with Crippen molar-refractivity contribution in [3.8, 4) is 16.9 Å². The second-order valence-electron chi connectivity index (χ2n) is 7.16. The molecule has 3 aromatic rings. The summed E-state index contributed by atoms with van der Waals surface area (Å²) in [5.41, 5.74) is 3.72. The van der Waals surface area contributed by atoms with Crippen LogP contribution in [-0.4, -0.2) is 23.4 Å². The monoisotopic (exact) mass is 477 g/mol. The van der Waals surface area contributed by atoms with Gasteiger partial charge in [0, 0.05) is 17.8 Å². The van der Waals surface area contributed by atoms with Crippen LogP contribution in [0.5, 0.6) is 5.75 Å². The Morgan fingerprint density at radius 1 is 1.12 bits per heavy atom. The van der Waals surface area contributed by atoms with E-state index < -0.39 is 41.4 Å². The van der Waals surface area contributed by atoms with E-state index in [1.807, 2.05) is 0 Å². The van der Waals surface area contributed by atoms with E-state index in [0.717, 1.165) is 12.1 Å². The summed E-state index contributed by atoms with van der Waals surface area (Å²) in [7, 11) is 0. The molecule has 34 heavy (non-hydrogen) atoms. The summed E-state index contributed by atoms with van der Waals surface area (Å²) in [6.45, 7) is 2.02. The molecule has 0 aliphatic carbocycles. The number of aromatic nitrogens is 1. The first-order valence-corrected chi connectivity index (χ1v) is 9.94. The van der Waals surface area contributed by atoms with Gasteiger partial charge in [-0.25, -0.2) is 4.39 Å². The van der Waals surface area contributed by atoms with Gasteiger partial charge in [0.2, 0.25) is 5.91 Å². The molecule has 0 unspecified atom stereocenters. The summed E-state index contributed by atoms with van der Waals surface area (Å²) in [5, 5.41) is 2.29. The van der Waals surface area contributed by atoms with E-state index in [1.165, 1.54) is 24.4 Å². The van der Waals surface area contributed by atoms with Crippen molar-refractivity contribution in [2.24, 2.45) is 5.73 Å². The molecule has 0 aliphatic rings. The fourth-order valence-electron chi connectivity index (χ4n) is 3.21. The van der Waals surface area contributed by atoms with Crippen LogP contribution in [0.4, 0.5) is 23.2 Å². The molecule has 178 valence electrons. The van der Waals surface area contributed by atoms with Crippen LogP contribution in [0.2, 0.25) is 0 Å². The standard InChI is InChI=1S/C23H19F4N3O4/c1-2-34-19-10-20(31)29-11-16(19)12-3-4-13(17(24)7-12)8-21(32)30-18-6-5-14(23(25,26)27)9-15(18)22(28)33/h3-7,9-11H,2,8H2,1H3,(H2,28,33)(H,29,31)(H,30,32). The highest BCUT2D eigenvalue weighted by molar-refractivity contribution is 6.03. The number of amides is 2. The molecule has 0 bridgehead atoms. The van der Waals surface area contributed by atoms with Crippen LogP contribution in [0.25, 0.3) is 11.1 Å². The highest BCUT2D eigenvalue weighted by atomic mass is 19.4. The highest BCUT2D eigenvalue weighted by Gasteiger charge is 2.31. The maximum Gasteiger partial charge on any atom is 0.416 e. The summed E-state index contributed by atoms with van der Waals surface area (Å²) in [4.78, 5) is 38.0. The van der Waals surface area contributed by atoms with E-state index in [0.29, 0.717) is 23.3 Å². The summed E-state index contributed by atoms with van der Waals surface area (Å²) in [6, 6.07) is 7.41. The molecule has 1 aromatic heterocycles. The van der Waals surface area contributed by atoms with Gasteiger partial charge in [-0.3, -0.25) is 14.4 Å². The number of primary amides is 1. The number of alkyl halides is 3. The topological polar surface area (TPSA) is 114 Å². The van der Waals surface area contributed by atoms with Crippen LogP contribution in [-0.2, 0) is 17.4 Å². The summed E-state index contributed by atoms with van der Waals surface area (Å²) in [5.74, 6) is -2.41. The van der Waals surface area contributed by atoms with E-state index in [1.54, 1.807) is 6.92 Å². The molecule has 7 nitrogen and oxygen atoms in total. The Morgan fingerprint density at radius 2 is 1.85 bits per heavy atom. The Labute approximate surface area is 190 Å². The zero-order valence-corrected chi connectivity index (χ0v) is 17.8. The molecule has 0 saturated heterocycles. The number of nitrogens with two attached hydrogens (primary N) is 1. The SMILES string of the molecule is CCOc1cc(=O)[nH]cc1-c1ccc(CC(=O)Nc2ccc(C(F)(F)F)cc2C(N)=O)c(F)c1. The zero-order chi connectivity index (χ0) is 25.0. The van der Waals surface area contributed by atoms with Gasteiger partial charge in [0.15, 0.2) is 0 Å². The number of pyridine rings is 1. The molecule has 4 N–H and O–H groups in total. The highest BCUT2D eigenvalue weighted by Crippen LogP contribution is 2.32. The number of anilines is 1. The van der Waals surface area contributed by atoms with Crippen LogP contribution >= 0.6 is 0 Å². The second kappa shape index (κ2) is 9.77. The molecule has 0 aliphatic heterocycles. The minimum Gasteiger partial charge on any atom is -0.493 e. The first kappa shape index (κ1) is 24.5. The predicted octanol–water partition coefficient (Wildman–Crippen LogP) is 3.88. The molecule has 0 saturated carbocycles. The Bertz CT molecular complexity index is 1300. The van der Waals surface area contributed by atoms with Crippen molar-refractivity contribution in [2.45, 2.75) is 19.5 Å². The van der Waals surface area contributed by atoms with Crippen LogP contribution in [0, 0.1) is 5.82 Å². The summed E-state index contributed by atoms with van der Waals surface area (Å²) < 4.78 is 58.8. The van der Waals surface area contributed by atoms with E-state index in [9.17, 15) is 31.9 Å². The number of nitrogens with one attached hydrogen (secondary N) is 2. The fraction of sp³-hybridized carbons (Fsp3) is 0.174. The van der Waals surface area contributed by atoms with Crippen molar-refractivity contribution in [1.29, 1.82) is 0 Å². The van der Waals surface area contributed by atoms with Gasteiger partial charge in [-0.2, -0.15) is 13.2 Å². The van der Waals surface area contributed by atoms with E-state index in [4.69, 9.17) is 10.5 Å². The summed E-state index contributed by atoms with van der Waals surface area (Å²) in [6.07, 6.45) is -3.79. The second-order valence-corrected chi connectivity index (χ2v) is 7.16. The van der Waals surface area contributed by atoms with Crippen LogP contribution < -0.4 is 21.3 Å². The van der Waals surface area contributed by atoms with Crippen molar-refractivity contribution in [3.05, 3.63) is 81.5 Å². The third kappa shape index (κ3) is 5.61. The largest absolute Gasteiger partial charge is 0.493 e. The van der Waals surface area contributed by atoms with E-state index in [2.05, 4.69) is 10.3 Å². The lowest BCUT2D eigenvalue weighted by Gasteiger charge is -2.13. The molecule has 0 radical (unpaired) electrons. The number of hydrogen-bond acceptors (Lipinski definition) is 4. The third-order valence-electron chi connectivity index (χ3n) is 4.79. The molecule has 2 amide bonds. The van der Waals surface area contributed by atoms with E-state index in [-0.39, 0.29) is 29.2 Å². The number of aromatic amines is 1. The zero-order valence-electron chi connectivity index (χ0n) is 17.8. The summed E-state index contributed by atoms with van der Waals surface area (Å²) >= 11 is 0. The molecular formula is C23H19F4N3O4. The first-order valence-electron chi connectivity index (χ1n) is 9.94. The predicted molar refractivity (Wildman–Crippen MR) is 116 cm³/mol. The first-order chi connectivity index (χ1) is 16.0. The number of benzene rings is 2. The number of carbonyl (C=O) groups is 2. The number of rotatable bonds is 7. The van der Waals surface area contributed by atoms with Gasteiger partial charge in [0.05, 0.1) is 29.8 Å². The van der Waals surface area contributed by atoms with Crippen molar-refractivity contribution < 1.29 is 31.9 Å². The Hall–Kier alpha value is -4.15. The molecule has 2 aromatic carbocycles. The number of ether oxygens (including phenoxy) is 1. The molecule has 0 spiro atoms. The maximum atomic E-state index is 14.7. The van der Waals surface area contributed by atoms with Crippen LogP contribution in [0.3, 0.4) is 0 Å². The number of H-pyrrole nitrogens is 1.